The first-order valence-corrected chi connectivity index (χ1v) is 10.5. The van der Waals surface area contributed by atoms with Crippen molar-refractivity contribution in [2.75, 3.05) is 12.3 Å². The van der Waals surface area contributed by atoms with Gasteiger partial charge in [-0.25, -0.2) is 4.39 Å². The van der Waals surface area contributed by atoms with Crippen molar-refractivity contribution in [1.29, 1.82) is 0 Å². The zero-order chi connectivity index (χ0) is 19.6. The summed E-state index contributed by atoms with van der Waals surface area (Å²) in [5, 5.41) is 3.29. The molecule has 0 spiro atoms. The van der Waals surface area contributed by atoms with Crippen LogP contribution in [0.1, 0.15) is 31.4 Å². The predicted molar refractivity (Wildman–Crippen MR) is 111 cm³/mol. The zero-order valence-electron chi connectivity index (χ0n) is 15.6. The van der Waals surface area contributed by atoms with Crippen LogP contribution in [0, 0.1) is 5.82 Å². The molecular weight excluding hydrogens is 385 g/mol. The molecule has 1 N–H and O–H groups in total. The molecule has 0 bridgehead atoms. The summed E-state index contributed by atoms with van der Waals surface area (Å²) >= 11 is 7.33. The van der Waals surface area contributed by atoms with Gasteiger partial charge >= 0.3 is 0 Å². The van der Waals surface area contributed by atoms with E-state index in [1.807, 2.05) is 38.1 Å². The molecule has 0 aromatic heterocycles. The number of carbonyl (C=O) groups is 1. The molecule has 0 fully saturated rings. The van der Waals surface area contributed by atoms with Crippen LogP contribution >= 0.6 is 23.4 Å². The lowest BCUT2D eigenvalue weighted by Crippen LogP contribution is -2.26. The number of halogens is 2. The Labute approximate surface area is 169 Å². The molecule has 0 unspecified atom stereocenters. The normalized spacial score (nSPS) is 10.9. The van der Waals surface area contributed by atoms with Crippen molar-refractivity contribution in [3.8, 4) is 5.75 Å². The number of nitrogens with one attached hydrogen (secondary N) is 1. The molecule has 0 aliphatic carbocycles. The van der Waals surface area contributed by atoms with Crippen LogP contribution in [0.25, 0.3) is 0 Å². The quantitative estimate of drug-likeness (QED) is 0.545. The van der Waals surface area contributed by atoms with Gasteiger partial charge in [-0.3, -0.25) is 4.79 Å². The average Bonchev–Trinajstić information content (AvgIpc) is 2.62. The summed E-state index contributed by atoms with van der Waals surface area (Å²) in [7, 11) is 0. The van der Waals surface area contributed by atoms with Gasteiger partial charge in [0, 0.05) is 22.9 Å². The molecule has 27 heavy (non-hydrogen) atoms. The molecule has 0 aliphatic rings. The van der Waals surface area contributed by atoms with Gasteiger partial charge in [-0.15, -0.1) is 11.8 Å². The first kappa shape index (κ1) is 21.6. The lowest BCUT2D eigenvalue weighted by molar-refractivity contribution is -0.118. The van der Waals surface area contributed by atoms with E-state index in [4.69, 9.17) is 16.3 Å². The van der Waals surface area contributed by atoms with Crippen LogP contribution in [-0.2, 0) is 17.0 Å². The van der Waals surface area contributed by atoms with Gasteiger partial charge in [0.15, 0.2) is 0 Å². The van der Waals surface area contributed by atoms with Crippen LogP contribution in [0.15, 0.2) is 42.5 Å². The fourth-order valence-corrected chi connectivity index (χ4v) is 3.69. The number of hydrogen-bond acceptors (Lipinski definition) is 3. The predicted octanol–water partition coefficient (Wildman–Crippen LogP) is 5.25. The number of ether oxygens (including phenoxy) is 1. The topological polar surface area (TPSA) is 38.3 Å². The number of hydrogen-bond donors (Lipinski definition) is 1. The molecule has 0 atom stereocenters. The summed E-state index contributed by atoms with van der Waals surface area (Å²) in [5.41, 5.74) is 1.66. The second-order valence-electron chi connectivity index (χ2n) is 6.46. The molecular formula is C21H25ClFNO2S. The van der Waals surface area contributed by atoms with Gasteiger partial charge in [-0.1, -0.05) is 29.8 Å². The minimum Gasteiger partial charge on any atom is -0.491 e. The number of aryl methyl sites for hydroxylation is 1. The Balaban J connectivity index is 1.62. The summed E-state index contributed by atoms with van der Waals surface area (Å²) in [5.74, 6) is 1.15. The van der Waals surface area contributed by atoms with Crippen LogP contribution in [0.5, 0.6) is 5.75 Å². The van der Waals surface area contributed by atoms with Crippen molar-refractivity contribution in [1.82, 2.24) is 5.32 Å². The second-order valence-corrected chi connectivity index (χ2v) is 7.85. The van der Waals surface area contributed by atoms with E-state index < -0.39 is 0 Å². The molecule has 0 heterocycles. The lowest BCUT2D eigenvalue weighted by Gasteiger charge is -2.10. The van der Waals surface area contributed by atoms with E-state index in [9.17, 15) is 9.18 Å². The van der Waals surface area contributed by atoms with Gasteiger partial charge in [-0.05, 0) is 56.5 Å². The van der Waals surface area contributed by atoms with E-state index in [1.54, 1.807) is 12.1 Å². The molecule has 2 aromatic rings. The smallest absolute Gasteiger partial charge is 0.230 e. The summed E-state index contributed by atoms with van der Waals surface area (Å²) in [6.45, 7) is 4.61. The van der Waals surface area contributed by atoms with Gasteiger partial charge in [-0.2, -0.15) is 0 Å². The largest absolute Gasteiger partial charge is 0.491 e. The molecule has 0 radical (unpaired) electrons. The molecule has 146 valence electrons. The fraction of sp³-hybridized carbons (Fsp3) is 0.381. The maximum absolute atomic E-state index is 13.7. The highest BCUT2D eigenvalue weighted by molar-refractivity contribution is 7.99. The summed E-state index contributed by atoms with van der Waals surface area (Å²) in [6, 6.07) is 12.6. The number of benzene rings is 2. The minimum atomic E-state index is -0.333. The summed E-state index contributed by atoms with van der Waals surface area (Å²) in [6.07, 6.45) is 1.92. The molecule has 3 nitrogen and oxygen atoms in total. The average molecular weight is 410 g/mol. The van der Waals surface area contributed by atoms with Gasteiger partial charge in [0.1, 0.15) is 11.6 Å². The van der Waals surface area contributed by atoms with Crippen molar-refractivity contribution in [2.24, 2.45) is 0 Å². The van der Waals surface area contributed by atoms with Crippen LogP contribution in [0.3, 0.4) is 0 Å². The Bertz CT molecular complexity index is 717. The fourth-order valence-electron chi connectivity index (χ4n) is 2.49. The van der Waals surface area contributed by atoms with Gasteiger partial charge < -0.3 is 10.1 Å². The van der Waals surface area contributed by atoms with E-state index in [-0.39, 0.29) is 23.6 Å². The Kier molecular flexibility index (Phi) is 8.95. The van der Waals surface area contributed by atoms with Crippen molar-refractivity contribution in [3.05, 3.63) is 64.4 Å². The molecule has 0 aliphatic heterocycles. The summed E-state index contributed by atoms with van der Waals surface area (Å²) < 4.78 is 19.3. The number of rotatable bonds is 10. The van der Waals surface area contributed by atoms with Gasteiger partial charge in [0.05, 0.1) is 11.9 Å². The maximum atomic E-state index is 13.7. The lowest BCUT2D eigenvalue weighted by atomic mass is 10.1. The standard InChI is InChI=1S/C21H25ClFNO2S/c1-15(2)26-17-10-8-16(9-11-17)5-4-12-24-21(25)14-27-13-18-19(22)6-3-7-20(18)23/h3,6-11,15H,4-5,12-14H2,1-2H3,(H,24,25). The molecule has 0 saturated heterocycles. The van der Waals surface area contributed by atoms with Crippen molar-refractivity contribution >= 4 is 29.3 Å². The van der Waals surface area contributed by atoms with Crippen LogP contribution < -0.4 is 10.1 Å². The molecule has 6 heteroatoms. The highest BCUT2D eigenvalue weighted by Crippen LogP contribution is 2.23. The monoisotopic (exact) mass is 409 g/mol. The van der Waals surface area contributed by atoms with Crippen LogP contribution in [-0.4, -0.2) is 24.3 Å². The molecule has 2 aromatic carbocycles. The molecule has 2 rings (SSSR count). The Hall–Kier alpha value is -1.72. The Morgan fingerprint density at radius 3 is 2.63 bits per heavy atom. The number of carbonyl (C=O) groups excluding carboxylic acids is 1. The van der Waals surface area contributed by atoms with Crippen molar-refractivity contribution in [2.45, 2.75) is 38.5 Å². The van der Waals surface area contributed by atoms with E-state index in [0.717, 1.165) is 18.6 Å². The third kappa shape index (κ3) is 7.81. The highest BCUT2D eigenvalue weighted by atomic mass is 35.5. The number of amides is 1. The van der Waals surface area contributed by atoms with E-state index >= 15 is 0 Å². The number of thioether (sulfide) groups is 1. The minimum absolute atomic E-state index is 0.0480. The Morgan fingerprint density at radius 2 is 1.96 bits per heavy atom. The van der Waals surface area contributed by atoms with E-state index in [0.29, 0.717) is 22.9 Å². The SMILES string of the molecule is CC(C)Oc1ccc(CCCNC(=O)CSCc2c(F)cccc2Cl)cc1. The van der Waals surface area contributed by atoms with Crippen molar-refractivity contribution < 1.29 is 13.9 Å². The second kappa shape index (κ2) is 11.2. The third-order valence-corrected chi connectivity index (χ3v) is 5.11. The third-order valence-electron chi connectivity index (χ3n) is 3.80. The van der Waals surface area contributed by atoms with Gasteiger partial charge in [0.2, 0.25) is 5.91 Å². The molecule has 0 saturated carbocycles. The maximum Gasteiger partial charge on any atom is 0.230 e. The van der Waals surface area contributed by atoms with E-state index in [1.165, 1.54) is 23.4 Å². The molecule has 1 amide bonds. The van der Waals surface area contributed by atoms with E-state index in [2.05, 4.69) is 5.32 Å². The first-order valence-electron chi connectivity index (χ1n) is 8.98. The van der Waals surface area contributed by atoms with Crippen molar-refractivity contribution in [3.63, 3.8) is 0 Å². The summed E-state index contributed by atoms with van der Waals surface area (Å²) in [4.78, 5) is 11.9. The van der Waals surface area contributed by atoms with Crippen LogP contribution in [0.4, 0.5) is 4.39 Å². The van der Waals surface area contributed by atoms with Gasteiger partial charge in [0.25, 0.3) is 0 Å². The highest BCUT2D eigenvalue weighted by Gasteiger charge is 2.08. The zero-order valence-corrected chi connectivity index (χ0v) is 17.2. The first-order chi connectivity index (χ1) is 13.0. The Morgan fingerprint density at radius 1 is 1.22 bits per heavy atom. The van der Waals surface area contributed by atoms with Crippen LogP contribution in [0.2, 0.25) is 5.02 Å².